The third-order valence-electron chi connectivity index (χ3n) is 4.76. The maximum Gasteiger partial charge on any atom is 0.191 e. The summed E-state index contributed by atoms with van der Waals surface area (Å²) >= 11 is 6.11. The second-order valence-electron chi connectivity index (χ2n) is 6.66. The van der Waals surface area contributed by atoms with Gasteiger partial charge in [-0.2, -0.15) is 0 Å². The minimum atomic E-state index is -0.133. The minimum Gasteiger partial charge on any atom is -0.393 e. The smallest absolute Gasteiger partial charge is 0.191 e. The highest BCUT2D eigenvalue weighted by Crippen LogP contribution is 2.22. The Balaban J connectivity index is 0.00000243. The van der Waals surface area contributed by atoms with Gasteiger partial charge in [-0.25, -0.2) is 0 Å². The fourth-order valence-electron chi connectivity index (χ4n) is 3.38. The molecule has 1 aromatic carbocycles. The van der Waals surface area contributed by atoms with Gasteiger partial charge < -0.3 is 20.7 Å². The quantitative estimate of drug-likeness (QED) is 0.292. The van der Waals surface area contributed by atoms with E-state index in [1.54, 1.807) is 0 Å². The second-order valence-corrected chi connectivity index (χ2v) is 7.10. The van der Waals surface area contributed by atoms with Crippen LogP contribution in [0.3, 0.4) is 0 Å². The lowest BCUT2D eigenvalue weighted by molar-refractivity contribution is 0.120. The zero-order valence-electron chi connectivity index (χ0n) is 15.1. The summed E-state index contributed by atoms with van der Waals surface area (Å²) < 4.78 is 0. The van der Waals surface area contributed by atoms with Crippen molar-refractivity contribution in [2.24, 2.45) is 4.99 Å². The third kappa shape index (κ3) is 5.76. The van der Waals surface area contributed by atoms with E-state index in [1.165, 1.54) is 10.9 Å². The van der Waals surface area contributed by atoms with E-state index in [9.17, 15) is 5.11 Å². The number of aliphatic imine (C=N–C) groups is 1. The van der Waals surface area contributed by atoms with Gasteiger partial charge in [-0.05, 0) is 62.8 Å². The molecule has 0 unspecified atom stereocenters. The highest BCUT2D eigenvalue weighted by atomic mass is 127. The van der Waals surface area contributed by atoms with Crippen LogP contribution < -0.4 is 10.6 Å². The van der Waals surface area contributed by atoms with Crippen LogP contribution in [-0.2, 0) is 6.42 Å². The van der Waals surface area contributed by atoms with E-state index in [1.807, 2.05) is 24.4 Å². The number of hydrogen-bond donors (Lipinski definition) is 4. The Bertz CT molecular complexity index is 725. The van der Waals surface area contributed by atoms with Crippen LogP contribution in [-0.4, -0.2) is 41.3 Å². The molecule has 1 fully saturated rings. The van der Waals surface area contributed by atoms with Crippen molar-refractivity contribution in [2.75, 3.05) is 13.1 Å². The van der Waals surface area contributed by atoms with Gasteiger partial charge in [0, 0.05) is 41.3 Å². The Morgan fingerprint density at radius 1 is 1.31 bits per heavy atom. The molecule has 0 aliphatic heterocycles. The number of benzene rings is 1. The lowest BCUT2D eigenvalue weighted by Crippen LogP contribution is -2.45. The zero-order chi connectivity index (χ0) is 17.6. The van der Waals surface area contributed by atoms with E-state index in [0.29, 0.717) is 12.6 Å². The fraction of sp³-hybridized carbons (Fsp3) is 0.526. The van der Waals surface area contributed by atoms with Crippen LogP contribution >= 0.6 is 35.6 Å². The summed E-state index contributed by atoms with van der Waals surface area (Å²) in [6, 6.07) is 6.31. The summed E-state index contributed by atoms with van der Waals surface area (Å²) in [6.07, 6.45) is 6.49. The molecule has 0 radical (unpaired) electrons. The molecule has 1 heterocycles. The van der Waals surface area contributed by atoms with Crippen LogP contribution in [0.15, 0.2) is 29.4 Å². The molecule has 0 bridgehead atoms. The van der Waals surface area contributed by atoms with Crippen LogP contribution in [0.2, 0.25) is 5.02 Å². The average molecular weight is 491 g/mol. The van der Waals surface area contributed by atoms with Gasteiger partial charge >= 0.3 is 0 Å². The van der Waals surface area contributed by atoms with E-state index in [4.69, 9.17) is 16.6 Å². The van der Waals surface area contributed by atoms with Gasteiger partial charge in [-0.15, -0.1) is 24.0 Å². The van der Waals surface area contributed by atoms with Crippen LogP contribution in [0.5, 0.6) is 0 Å². The summed E-state index contributed by atoms with van der Waals surface area (Å²) in [7, 11) is 0. The number of halogens is 2. The molecular formula is C19H28ClIN4O. The molecule has 5 nitrogen and oxygen atoms in total. The van der Waals surface area contributed by atoms with Crippen molar-refractivity contribution in [2.45, 2.75) is 51.2 Å². The first-order valence-corrected chi connectivity index (χ1v) is 9.52. The number of nitrogens with zero attached hydrogens (tertiary/aromatic N) is 1. The monoisotopic (exact) mass is 490 g/mol. The van der Waals surface area contributed by atoms with Gasteiger partial charge in [-0.3, -0.25) is 4.99 Å². The van der Waals surface area contributed by atoms with Gasteiger partial charge in [0.2, 0.25) is 0 Å². The van der Waals surface area contributed by atoms with Crippen LogP contribution in [0.4, 0.5) is 0 Å². The normalized spacial score (nSPS) is 20.7. The first-order valence-electron chi connectivity index (χ1n) is 9.14. The van der Waals surface area contributed by atoms with E-state index < -0.39 is 0 Å². The van der Waals surface area contributed by atoms with Crippen molar-refractivity contribution >= 4 is 52.4 Å². The molecular weight excluding hydrogens is 463 g/mol. The standard InChI is InChI=1S/C19H27ClN4O.HI/c1-2-21-19(24-15-4-6-16(25)7-5-15)22-10-9-13-12-23-18-8-3-14(20)11-17(13)18;/h3,8,11-12,15-16,23,25H,2,4-7,9-10H2,1H3,(H2,21,22,24);1H. The highest BCUT2D eigenvalue weighted by molar-refractivity contribution is 14.0. The van der Waals surface area contributed by atoms with E-state index >= 15 is 0 Å². The number of aliphatic hydroxyl groups excluding tert-OH is 1. The lowest BCUT2D eigenvalue weighted by atomic mass is 9.93. The lowest BCUT2D eigenvalue weighted by Gasteiger charge is -2.27. The van der Waals surface area contributed by atoms with Crippen molar-refractivity contribution < 1.29 is 5.11 Å². The molecule has 4 N–H and O–H groups in total. The van der Waals surface area contributed by atoms with Crippen LogP contribution in [0.1, 0.15) is 38.2 Å². The third-order valence-corrected chi connectivity index (χ3v) is 5.00. The summed E-state index contributed by atoms with van der Waals surface area (Å²) in [5.74, 6) is 0.863. The number of H-pyrrole nitrogens is 1. The zero-order valence-corrected chi connectivity index (χ0v) is 18.2. The molecule has 1 aromatic heterocycles. The molecule has 26 heavy (non-hydrogen) atoms. The van der Waals surface area contributed by atoms with Crippen molar-refractivity contribution in [1.82, 2.24) is 15.6 Å². The number of aromatic nitrogens is 1. The molecule has 0 saturated heterocycles. The molecule has 2 aromatic rings. The number of guanidine groups is 1. The second kappa shape index (κ2) is 10.4. The largest absolute Gasteiger partial charge is 0.393 e. The first kappa shape index (κ1) is 21.3. The van der Waals surface area contributed by atoms with E-state index in [-0.39, 0.29) is 30.1 Å². The Labute approximate surface area is 177 Å². The molecule has 1 aliphatic carbocycles. The SMILES string of the molecule is CCNC(=NCCc1c[nH]c2ccc(Cl)cc12)NC1CCC(O)CC1.I. The van der Waals surface area contributed by atoms with Crippen molar-refractivity contribution in [3.8, 4) is 0 Å². The van der Waals surface area contributed by atoms with Gasteiger partial charge in [0.05, 0.1) is 6.10 Å². The molecule has 0 amide bonds. The van der Waals surface area contributed by atoms with Crippen molar-refractivity contribution in [3.05, 3.63) is 35.0 Å². The van der Waals surface area contributed by atoms with Crippen molar-refractivity contribution in [3.63, 3.8) is 0 Å². The van der Waals surface area contributed by atoms with Gasteiger partial charge in [-0.1, -0.05) is 11.6 Å². The van der Waals surface area contributed by atoms with Crippen molar-refractivity contribution in [1.29, 1.82) is 0 Å². The molecule has 1 saturated carbocycles. The Morgan fingerprint density at radius 3 is 2.81 bits per heavy atom. The number of rotatable bonds is 5. The first-order chi connectivity index (χ1) is 12.2. The van der Waals surface area contributed by atoms with Gasteiger partial charge in [0.15, 0.2) is 5.96 Å². The predicted octanol–water partition coefficient (Wildman–Crippen LogP) is 3.84. The Kier molecular flexibility index (Phi) is 8.50. The topological polar surface area (TPSA) is 72.4 Å². The van der Waals surface area contributed by atoms with E-state index in [0.717, 1.165) is 55.1 Å². The molecule has 0 spiro atoms. The number of aliphatic hydroxyl groups is 1. The molecule has 7 heteroatoms. The van der Waals surface area contributed by atoms with Gasteiger partial charge in [0.25, 0.3) is 0 Å². The number of aromatic amines is 1. The maximum absolute atomic E-state index is 9.63. The number of hydrogen-bond acceptors (Lipinski definition) is 2. The summed E-state index contributed by atoms with van der Waals surface area (Å²) in [5, 5.41) is 18.4. The minimum absolute atomic E-state index is 0. The summed E-state index contributed by atoms with van der Waals surface area (Å²) in [6.45, 7) is 3.62. The van der Waals surface area contributed by atoms with Gasteiger partial charge in [0.1, 0.15) is 0 Å². The Hall–Kier alpha value is -0.990. The molecule has 3 rings (SSSR count). The highest BCUT2D eigenvalue weighted by Gasteiger charge is 2.19. The average Bonchev–Trinajstić information content (AvgIpc) is 2.99. The number of nitrogens with one attached hydrogen (secondary N) is 3. The fourth-order valence-corrected chi connectivity index (χ4v) is 3.55. The summed E-state index contributed by atoms with van der Waals surface area (Å²) in [5.41, 5.74) is 2.34. The maximum atomic E-state index is 9.63. The summed E-state index contributed by atoms with van der Waals surface area (Å²) in [4.78, 5) is 8.00. The molecule has 1 aliphatic rings. The Morgan fingerprint density at radius 2 is 2.08 bits per heavy atom. The van der Waals surface area contributed by atoms with Crippen LogP contribution in [0.25, 0.3) is 10.9 Å². The van der Waals surface area contributed by atoms with E-state index in [2.05, 4.69) is 22.5 Å². The molecule has 144 valence electrons. The molecule has 0 atom stereocenters. The number of fused-ring (bicyclic) bond motifs is 1. The predicted molar refractivity (Wildman–Crippen MR) is 120 cm³/mol. The van der Waals surface area contributed by atoms with Crippen LogP contribution in [0, 0.1) is 0 Å².